The molecule has 4 N–H and O–H groups in total. The van der Waals surface area contributed by atoms with Gasteiger partial charge in [0.05, 0.1) is 17.6 Å². The van der Waals surface area contributed by atoms with Gasteiger partial charge in [-0.1, -0.05) is 53.8 Å². The molecule has 0 aliphatic carbocycles. The molecule has 0 amide bonds. The molecule has 0 atom stereocenters. The van der Waals surface area contributed by atoms with Crippen LogP contribution in [-0.4, -0.2) is 24.2 Å². The lowest BCUT2D eigenvalue weighted by Gasteiger charge is -2.11. The topological polar surface area (TPSA) is 164 Å². The normalized spacial score (nSPS) is 11.5. The lowest BCUT2D eigenvalue weighted by atomic mass is 10.1. The minimum atomic E-state index is -4.54. The fourth-order valence-corrected chi connectivity index (χ4v) is 3.99. The molecule has 11 heteroatoms. The highest BCUT2D eigenvalue weighted by molar-refractivity contribution is 7.86. The van der Waals surface area contributed by atoms with Crippen molar-refractivity contribution in [1.29, 1.82) is 10.9 Å². The Labute approximate surface area is 188 Å². The predicted octanol–water partition coefficient (Wildman–Crippen LogP) is 5.92. The van der Waals surface area contributed by atoms with Gasteiger partial charge in [-0.3, -0.25) is 15.0 Å². The van der Waals surface area contributed by atoms with E-state index in [0.717, 1.165) is 11.1 Å². The molecule has 1 heterocycles. The van der Waals surface area contributed by atoms with Crippen LogP contribution < -0.4 is 5.43 Å². The first kappa shape index (κ1) is 21.9. The first-order chi connectivity index (χ1) is 15.9. The van der Waals surface area contributed by atoms with Crippen LogP contribution in [0.25, 0.3) is 22.0 Å². The molecule has 4 aromatic rings. The Morgan fingerprint density at radius 1 is 0.970 bits per heavy atom. The Balaban J connectivity index is 1.73. The number of fused-ring (bicyclic) bond motifs is 1. The number of benzene rings is 3. The van der Waals surface area contributed by atoms with E-state index in [1.165, 1.54) is 24.5 Å². The Morgan fingerprint density at radius 3 is 2.30 bits per heavy atom. The maximum absolute atomic E-state index is 11.9. The molecule has 33 heavy (non-hydrogen) atoms. The number of aromatic nitrogens is 1. The van der Waals surface area contributed by atoms with Gasteiger partial charge in [0.2, 0.25) is 0 Å². The summed E-state index contributed by atoms with van der Waals surface area (Å²) in [5.74, 6) is 0. The predicted molar refractivity (Wildman–Crippen MR) is 124 cm³/mol. The summed E-state index contributed by atoms with van der Waals surface area (Å²) in [6.45, 7) is 0. The van der Waals surface area contributed by atoms with Crippen LogP contribution in [0.4, 0.5) is 17.1 Å². The lowest BCUT2D eigenvalue weighted by molar-refractivity contribution is 0.484. The molecular weight excluding hydrogens is 442 g/mol. The zero-order valence-corrected chi connectivity index (χ0v) is 17.8. The van der Waals surface area contributed by atoms with E-state index in [4.69, 9.17) is 10.9 Å². The standard InChI is InChI=1S/C22H17N7O3S/c23-12-14-5-7-15(8-6-14)19-10-9-16(13-25-19)26-27-20-11-21(33(30,31)32)17-3-1-2-4-18(17)22(20)28-29-24/h1-13,23H,(H2,24,28)(H,30,31,32)/b23-12?,27-26+. The lowest BCUT2D eigenvalue weighted by Crippen LogP contribution is -2.01. The van der Waals surface area contributed by atoms with Gasteiger partial charge in [-0.05, 0) is 23.8 Å². The number of azo groups is 1. The van der Waals surface area contributed by atoms with Crippen molar-refractivity contribution in [3.63, 3.8) is 0 Å². The third-order valence-electron chi connectivity index (χ3n) is 4.83. The summed E-state index contributed by atoms with van der Waals surface area (Å²) in [5, 5.41) is 19.4. The van der Waals surface area contributed by atoms with Crippen LogP contribution in [0, 0.1) is 10.9 Å². The van der Waals surface area contributed by atoms with Crippen molar-refractivity contribution < 1.29 is 13.0 Å². The Morgan fingerprint density at radius 2 is 1.70 bits per heavy atom. The molecule has 0 aliphatic rings. The van der Waals surface area contributed by atoms with Crippen molar-refractivity contribution in [3.8, 4) is 11.3 Å². The second kappa shape index (κ2) is 9.02. The quantitative estimate of drug-likeness (QED) is 0.116. The van der Waals surface area contributed by atoms with Crippen molar-refractivity contribution >= 4 is 44.2 Å². The molecule has 10 nitrogen and oxygen atoms in total. The van der Waals surface area contributed by atoms with Crippen LogP contribution >= 0.6 is 0 Å². The van der Waals surface area contributed by atoms with Gasteiger partial charge in [0.25, 0.3) is 10.1 Å². The van der Waals surface area contributed by atoms with Crippen molar-refractivity contribution in [3.05, 3.63) is 78.5 Å². The fourth-order valence-electron chi connectivity index (χ4n) is 3.27. The van der Waals surface area contributed by atoms with Gasteiger partial charge in [-0.25, -0.2) is 0 Å². The van der Waals surface area contributed by atoms with Gasteiger partial charge < -0.3 is 5.41 Å². The van der Waals surface area contributed by atoms with Gasteiger partial charge in [0, 0.05) is 22.6 Å². The van der Waals surface area contributed by atoms with E-state index in [-0.39, 0.29) is 21.7 Å². The molecule has 0 bridgehead atoms. The third-order valence-corrected chi connectivity index (χ3v) is 5.72. The summed E-state index contributed by atoms with van der Waals surface area (Å²) in [7, 11) is -4.54. The molecule has 4 rings (SSSR count). The van der Waals surface area contributed by atoms with Gasteiger partial charge in [-0.2, -0.15) is 13.9 Å². The SMILES string of the molecule is N=Cc1ccc(-c2ccc(/N=N/c3cc(S(=O)(=O)O)c4ccccc4c3NN=N)cn2)cc1. The molecule has 0 spiro atoms. The molecule has 0 radical (unpaired) electrons. The number of nitrogens with one attached hydrogen (secondary N) is 3. The molecule has 0 saturated carbocycles. The van der Waals surface area contributed by atoms with Gasteiger partial charge in [0.15, 0.2) is 0 Å². The van der Waals surface area contributed by atoms with E-state index in [2.05, 4.69) is 25.9 Å². The molecule has 0 saturated heterocycles. The summed E-state index contributed by atoms with van der Waals surface area (Å²) in [6.07, 6.45) is 2.77. The first-order valence-corrected chi connectivity index (χ1v) is 11.0. The van der Waals surface area contributed by atoms with Crippen LogP contribution in [0.15, 0.2) is 93.3 Å². The highest BCUT2D eigenvalue weighted by atomic mass is 32.2. The fraction of sp³-hybridized carbons (Fsp3) is 0. The van der Waals surface area contributed by atoms with Crippen LogP contribution in [-0.2, 0) is 10.1 Å². The van der Waals surface area contributed by atoms with E-state index < -0.39 is 10.1 Å². The number of pyridine rings is 1. The summed E-state index contributed by atoms with van der Waals surface area (Å²) in [4.78, 5) is 4.04. The largest absolute Gasteiger partial charge is 0.308 e. The summed E-state index contributed by atoms with van der Waals surface area (Å²) < 4.78 is 33.6. The summed E-state index contributed by atoms with van der Waals surface area (Å²) >= 11 is 0. The van der Waals surface area contributed by atoms with E-state index in [9.17, 15) is 13.0 Å². The molecule has 0 aliphatic heterocycles. The molecule has 0 unspecified atom stereocenters. The van der Waals surface area contributed by atoms with E-state index >= 15 is 0 Å². The molecule has 0 fully saturated rings. The summed E-state index contributed by atoms with van der Waals surface area (Å²) in [5.41, 5.74) is 12.8. The molecule has 164 valence electrons. The highest BCUT2D eigenvalue weighted by Gasteiger charge is 2.19. The minimum absolute atomic E-state index is 0.0728. The zero-order chi connectivity index (χ0) is 23.4. The maximum atomic E-state index is 11.9. The van der Waals surface area contributed by atoms with E-state index in [1.807, 2.05) is 24.3 Å². The Hall–Kier alpha value is -4.35. The Bertz CT molecular complexity index is 1480. The number of rotatable bonds is 7. The maximum Gasteiger partial charge on any atom is 0.295 e. The minimum Gasteiger partial charge on any atom is -0.308 e. The monoisotopic (exact) mass is 459 g/mol. The van der Waals surface area contributed by atoms with E-state index in [0.29, 0.717) is 16.8 Å². The number of nitrogens with zero attached hydrogens (tertiary/aromatic N) is 4. The molecular formula is C22H17N7O3S. The van der Waals surface area contributed by atoms with Crippen molar-refractivity contribution in [2.45, 2.75) is 4.90 Å². The highest BCUT2D eigenvalue weighted by Crippen LogP contribution is 2.39. The second-order valence-electron chi connectivity index (χ2n) is 6.88. The average Bonchev–Trinajstić information content (AvgIpc) is 2.83. The van der Waals surface area contributed by atoms with Crippen molar-refractivity contribution in [2.24, 2.45) is 15.5 Å². The van der Waals surface area contributed by atoms with Crippen molar-refractivity contribution in [1.82, 2.24) is 4.98 Å². The first-order valence-electron chi connectivity index (χ1n) is 9.55. The number of hydrogen-bond acceptors (Lipinski definition) is 8. The van der Waals surface area contributed by atoms with Crippen LogP contribution in [0.3, 0.4) is 0 Å². The number of anilines is 1. The number of hydrogen-bond donors (Lipinski definition) is 4. The zero-order valence-electron chi connectivity index (χ0n) is 17.0. The Kier molecular flexibility index (Phi) is 5.98. The van der Waals surface area contributed by atoms with Crippen LogP contribution in [0.1, 0.15) is 5.56 Å². The smallest absolute Gasteiger partial charge is 0.295 e. The molecule has 1 aromatic heterocycles. The third kappa shape index (κ3) is 4.63. The van der Waals surface area contributed by atoms with Gasteiger partial charge in [0.1, 0.15) is 16.3 Å². The van der Waals surface area contributed by atoms with Gasteiger partial charge in [-0.15, -0.1) is 10.2 Å². The average molecular weight is 459 g/mol. The van der Waals surface area contributed by atoms with Crippen molar-refractivity contribution in [2.75, 3.05) is 5.43 Å². The summed E-state index contributed by atoms with van der Waals surface area (Å²) in [6, 6.07) is 18.4. The second-order valence-corrected chi connectivity index (χ2v) is 8.27. The molecule has 3 aromatic carbocycles. The van der Waals surface area contributed by atoms with Crippen LogP contribution in [0.2, 0.25) is 0 Å². The van der Waals surface area contributed by atoms with Gasteiger partial charge >= 0.3 is 0 Å². The van der Waals surface area contributed by atoms with E-state index in [1.54, 1.807) is 30.3 Å². The van der Waals surface area contributed by atoms with Crippen LogP contribution in [0.5, 0.6) is 0 Å².